The molecule has 0 aliphatic carbocycles. The second-order valence-corrected chi connectivity index (χ2v) is 3.16. The number of rotatable bonds is 6. The van der Waals surface area contributed by atoms with Gasteiger partial charge in [0.25, 0.3) is 0 Å². The number of hydrogen-bond acceptors (Lipinski definition) is 2. The molecule has 14 heavy (non-hydrogen) atoms. The first-order valence-corrected chi connectivity index (χ1v) is 5.03. The fourth-order valence-electron chi connectivity index (χ4n) is 1.22. The SMILES string of the molecule is C#CCCCn1ccc(CNCC)n1. The Morgan fingerprint density at radius 2 is 2.50 bits per heavy atom. The van der Waals surface area contributed by atoms with E-state index in [1.165, 1.54) is 0 Å². The Bertz CT molecular complexity index is 296. The van der Waals surface area contributed by atoms with Gasteiger partial charge < -0.3 is 5.32 Å². The molecule has 0 atom stereocenters. The van der Waals surface area contributed by atoms with E-state index >= 15 is 0 Å². The third-order valence-electron chi connectivity index (χ3n) is 1.96. The maximum absolute atomic E-state index is 5.17. The van der Waals surface area contributed by atoms with E-state index in [0.717, 1.165) is 38.2 Å². The predicted octanol–water partition coefficient (Wildman–Crippen LogP) is 1.41. The van der Waals surface area contributed by atoms with Gasteiger partial charge in [-0.25, -0.2) is 0 Å². The number of nitrogens with zero attached hydrogens (tertiary/aromatic N) is 2. The second-order valence-electron chi connectivity index (χ2n) is 3.16. The quantitative estimate of drug-likeness (QED) is 0.544. The van der Waals surface area contributed by atoms with Gasteiger partial charge in [0.1, 0.15) is 0 Å². The minimum absolute atomic E-state index is 0.822. The van der Waals surface area contributed by atoms with Crippen LogP contribution in [0, 0.1) is 12.3 Å². The van der Waals surface area contributed by atoms with E-state index in [1.54, 1.807) is 0 Å². The van der Waals surface area contributed by atoms with Crippen molar-refractivity contribution in [2.45, 2.75) is 32.9 Å². The topological polar surface area (TPSA) is 29.9 Å². The van der Waals surface area contributed by atoms with Crippen molar-refractivity contribution in [1.82, 2.24) is 15.1 Å². The van der Waals surface area contributed by atoms with Crippen molar-refractivity contribution >= 4 is 0 Å². The molecule has 0 bridgehead atoms. The highest BCUT2D eigenvalue weighted by atomic mass is 15.3. The number of aryl methyl sites for hydroxylation is 1. The third kappa shape index (κ3) is 3.63. The minimum atomic E-state index is 0.822. The molecule has 0 spiro atoms. The van der Waals surface area contributed by atoms with E-state index in [4.69, 9.17) is 6.42 Å². The molecule has 76 valence electrons. The summed E-state index contributed by atoms with van der Waals surface area (Å²) in [4.78, 5) is 0. The van der Waals surface area contributed by atoms with Crippen LogP contribution in [0.1, 0.15) is 25.5 Å². The van der Waals surface area contributed by atoms with Gasteiger partial charge in [-0.2, -0.15) is 5.10 Å². The molecule has 0 saturated carbocycles. The summed E-state index contributed by atoms with van der Waals surface area (Å²) in [7, 11) is 0. The highest BCUT2D eigenvalue weighted by molar-refractivity contribution is 4.98. The van der Waals surface area contributed by atoms with Crippen molar-refractivity contribution in [2.75, 3.05) is 6.54 Å². The number of aromatic nitrogens is 2. The summed E-state index contributed by atoms with van der Waals surface area (Å²) >= 11 is 0. The minimum Gasteiger partial charge on any atom is -0.311 e. The zero-order chi connectivity index (χ0) is 10.2. The van der Waals surface area contributed by atoms with Gasteiger partial charge >= 0.3 is 0 Å². The van der Waals surface area contributed by atoms with Gasteiger partial charge in [0.15, 0.2) is 0 Å². The Kier molecular flexibility index (Phi) is 4.81. The smallest absolute Gasteiger partial charge is 0.0762 e. The van der Waals surface area contributed by atoms with Gasteiger partial charge in [0.2, 0.25) is 0 Å². The number of terminal acetylenes is 1. The molecule has 0 aromatic carbocycles. The number of hydrogen-bond donors (Lipinski definition) is 1. The molecule has 3 heteroatoms. The van der Waals surface area contributed by atoms with Crippen molar-refractivity contribution in [3.63, 3.8) is 0 Å². The van der Waals surface area contributed by atoms with Crippen LogP contribution in [0.4, 0.5) is 0 Å². The highest BCUT2D eigenvalue weighted by Gasteiger charge is 1.97. The monoisotopic (exact) mass is 191 g/mol. The van der Waals surface area contributed by atoms with E-state index in [-0.39, 0.29) is 0 Å². The van der Waals surface area contributed by atoms with Crippen molar-refractivity contribution in [3.05, 3.63) is 18.0 Å². The van der Waals surface area contributed by atoms with E-state index < -0.39 is 0 Å². The summed E-state index contributed by atoms with van der Waals surface area (Å²) < 4.78 is 1.95. The standard InChI is InChI=1S/C11H17N3/c1-3-5-6-8-14-9-7-11(13-14)10-12-4-2/h1,7,9,12H,4-6,8,10H2,2H3. The van der Waals surface area contributed by atoms with Crippen LogP contribution in [0.25, 0.3) is 0 Å². The maximum Gasteiger partial charge on any atom is 0.0762 e. The van der Waals surface area contributed by atoms with Crippen molar-refractivity contribution in [1.29, 1.82) is 0 Å². The molecule has 0 unspecified atom stereocenters. The van der Waals surface area contributed by atoms with Crippen LogP contribution in [-0.2, 0) is 13.1 Å². The lowest BCUT2D eigenvalue weighted by atomic mass is 10.3. The molecule has 1 aromatic heterocycles. The molecule has 1 heterocycles. The third-order valence-corrected chi connectivity index (χ3v) is 1.96. The molecule has 0 amide bonds. The molecule has 0 aliphatic heterocycles. The molecule has 0 radical (unpaired) electrons. The Balaban J connectivity index is 2.32. The molecule has 0 fully saturated rings. The zero-order valence-electron chi connectivity index (χ0n) is 8.66. The largest absolute Gasteiger partial charge is 0.311 e. The summed E-state index contributed by atoms with van der Waals surface area (Å²) in [5.74, 6) is 2.63. The lowest BCUT2D eigenvalue weighted by molar-refractivity contribution is 0.573. The number of unbranched alkanes of at least 4 members (excludes halogenated alkanes) is 1. The second kappa shape index (κ2) is 6.22. The molecular weight excluding hydrogens is 174 g/mol. The summed E-state index contributed by atoms with van der Waals surface area (Å²) in [6, 6.07) is 2.04. The zero-order valence-corrected chi connectivity index (χ0v) is 8.66. The summed E-state index contributed by atoms with van der Waals surface area (Å²) in [6.45, 7) is 4.82. The molecule has 1 rings (SSSR count). The van der Waals surface area contributed by atoms with Crippen LogP contribution in [-0.4, -0.2) is 16.3 Å². The van der Waals surface area contributed by atoms with Crippen LogP contribution in [0.2, 0.25) is 0 Å². The fourth-order valence-corrected chi connectivity index (χ4v) is 1.22. The van der Waals surface area contributed by atoms with Crippen LogP contribution >= 0.6 is 0 Å². The molecule has 3 nitrogen and oxygen atoms in total. The van der Waals surface area contributed by atoms with E-state index in [1.807, 2.05) is 16.9 Å². The predicted molar refractivity (Wildman–Crippen MR) is 57.7 cm³/mol. The molecule has 1 N–H and O–H groups in total. The van der Waals surface area contributed by atoms with Crippen molar-refractivity contribution in [3.8, 4) is 12.3 Å². The summed E-state index contributed by atoms with van der Waals surface area (Å²) in [5.41, 5.74) is 1.09. The fraction of sp³-hybridized carbons (Fsp3) is 0.545. The van der Waals surface area contributed by atoms with Gasteiger partial charge in [-0.3, -0.25) is 4.68 Å². The van der Waals surface area contributed by atoms with E-state index in [0.29, 0.717) is 0 Å². The van der Waals surface area contributed by atoms with Crippen LogP contribution in [0.15, 0.2) is 12.3 Å². The first-order chi connectivity index (χ1) is 6.86. The summed E-state index contributed by atoms with van der Waals surface area (Å²) in [5, 5.41) is 7.64. The van der Waals surface area contributed by atoms with Gasteiger partial charge in [-0.1, -0.05) is 6.92 Å². The summed E-state index contributed by atoms with van der Waals surface area (Å²) in [6.07, 6.45) is 9.00. The van der Waals surface area contributed by atoms with Crippen LogP contribution in [0.3, 0.4) is 0 Å². The Hall–Kier alpha value is -1.27. The van der Waals surface area contributed by atoms with Crippen molar-refractivity contribution < 1.29 is 0 Å². The van der Waals surface area contributed by atoms with Gasteiger partial charge in [-0.15, -0.1) is 12.3 Å². The molecule has 0 saturated heterocycles. The molecule has 0 aliphatic rings. The first kappa shape index (κ1) is 10.8. The lowest BCUT2D eigenvalue weighted by Gasteiger charge is -1.99. The van der Waals surface area contributed by atoms with E-state index in [2.05, 4.69) is 23.3 Å². The Labute approximate surface area is 85.5 Å². The average Bonchev–Trinajstić information content (AvgIpc) is 2.63. The van der Waals surface area contributed by atoms with E-state index in [9.17, 15) is 0 Å². The van der Waals surface area contributed by atoms with Gasteiger partial charge in [0.05, 0.1) is 5.69 Å². The highest BCUT2D eigenvalue weighted by Crippen LogP contribution is 1.98. The van der Waals surface area contributed by atoms with Crippen molar-refractivity contribution in [2.24, 2.45) is 0 Å². The Morgan fingerprint density at radius 3 is 3.21 bits per heavy atom. The maximum atomic E-state index is 5.17. The Morgan fingerprint density at radius 1 is 1.64 bits per heavy atom. The normalized spacial score (nSPS) is 10.0. The van der Waals surface area contributed by atoms with Gasteiger partial charge in [0, 0.05) is 25.7 Å². The molecular formula is C11H17N3. The first-order valence-electron chi connectivity index (χ1n) is 5.03. The average molecular weight is 191 g/mol. The lowest BCUT2D eigenvalue weighted by Crippen LogP contribution is -2.12. The molecule has 1 aromatic rings. The number of nitrogens with one attached hydrogen (secondary N) is 1. The van der Waals surface area contributed by atoms with Crippen LogP contribution < -0.4 is 5.32 Å². The van der Waals surface area contributed by atoms with Gasteiger partial charge in [-0.05, 0) is 19.0 Å². The van der Waals surface area contributed by atoms with Crippen LogP contribution in [0.5, 0.6) is 0 Å².